The van der Waals surface area contributed by atoms with Crippen molar-refractivity contribution in [2.24, 2.45) is 0 Å². The van der Waals surface area contributed by atoms with Gasteiger partial charge in [0, 0.05) is 24.7 Å². The van der Waals surface area contributed by atoms with Crippen LogP contribution in [0.2, 0.25) is 0 Å². The predicted octanol–water partition coefficient (Wildman–Crippen LogP) is 3.90. The first kappa shape index (κ1) is 15.1. The molecule has 0 bridgehead atoms. The largest absolute Gasteiger partial charge is 0.334 e. The lowest BCUT2D eigenvalue weighted by Gasteiger charge is -2.11. The van der Waals surface area contributed by atoms with E-state index in [9.17, 15) is 4.79 Å². The standard InChI is InChI=1S/C18H18N4OS/c1-12-17(24-11-19-12)18(23)21-14-7-3-2-6-13(14)15-10-22-9-5-4-8-16(22)20-15/h2-3,6-7,10-11H,4-5,8-9H2,1H3,(H,21,23). The average Bonchev–Trinajstić information content (AvgIpc) is 3.21. The Balaban J connectivity index is 1.67. The minimum atomic E-state index is -0.119. The van der Waals surface area contributed by atoms with Gasteiger partial charge in [0.25, 0.3) is 5.91 Å². The van der Waals surface area contributed by atoms with E-state index >= 15 is 0 Å². The monoisotopic (exact) mass is 338 g/mol. The number of nitrogens with zero attached hydrogens (tertiary/aromatic N) is 3. The molecule has 0 saturated heterocycles. The lowest BCUT2D eigenvalue weighted by atomic mass is 10.1. The molecule has 0 fully saturated rings. The molecule has 6 heteroatoms. The zero-order valence-corrected chi connectivity index (χ0v) is 14.3. The van der Waals surface area contributed by atoms with Crippen LogP contribution in [0, 0.1) is 6.92 Å². The maximum absolute atomic E-state index is 12.5. The van der Waals surface area contributed by atoms with Crippen LogP contribution in [0.3, 0.4) is 0 Å². The Morgan fingerprint density at radius 3 is 2.96 bits per heavy atom. The number of carbonyl (C=O) groups is 1. The van der Waals surface area contributed by atoms with E-state index in [4.69, 9.17) is 4.98 Å². The van der Waals surface area contributed by atoms with E-state index in [1.165, 1.54) is 24.2 Å². The molecule has 0 unspecified atom stereocenters. The van der Waals surface area contributed by atoms with Gasteiger partial charge in [-0.15, -0.1) is 11.3 Å². The van der Waals surface area contributed by atoms with Crippen LogP contribution in [-0.2, 0) is 13.0 Å². The third-order valence-electron chi connectivity index (χ3n) is 4.31. The fraction of sp³-hybridized carbons (Fsp3) is 0.278. The van der Waals surface area contributed by atoms with Crippen LogP contribution in [0.25, 0.3) is 11.3 Å². The summed E-state index contributed by atoms with van der Waals surface area (Å²) in [5, 5.41) is 3.01. The second kappa shape index (κ2) is 6.20. The van der Waals surface area contributed by atoms with Crippen LogP contribution < -0.4 is 5.32 Å². The number of hydrogen-bond acceptors (Lipinski definition) is 4. The number of nitrogens with one attached hydrogen (secondary N) is 1. The SMILES string of the molecule is Cc1ncsc1C(=O)Nc1ccccc1-c1cn2c(n1)CCCC2. The third-order valence-corrected chi connectivity index (χ3v) is 5.24. The molecule has 3 heterocycles. The number of benzene rings is 1. The zero-order valence-electron chi connectivity index (χ0n) is 13.5. The number of fused-ring (bicyclic) bond motifs is 1. The Bertz CT molecular complexity index is 873. The number of rotatable bonds is 3. The molecule has 4 rings (SSSR count). The summed E-state index contributed by atoms with van der Waals surface area (Å²) < 4.78 is 2.23. The molecule has 0 saturated carbocycles. The number of hydrogen-bond donors (Lipinski definition) is 1. The Morgan fingerprint density at radius 1 is 1.29 bits per heavy atom. The van der Waals surface area contributed by atoms with Gasteiger partial charge in [-0.1, -0.05) is 18.2 Å². The van der Waals surface area contributed by atoms with E-state index in [2.05, 4.69) is 21.1 Å². The fourth-order valence-corrected chi connectivity index (χ4v) is 3.75. The second-order valence-corrected chi connectivity index (χ2v) is 6.81. The molecule has 1 aliphatic rings. The van der Waals surface area contributed by atoms with E-state index < -0.39 is 0 Å². The van der Waals surface area contributed by atoms with Gasteiger partial charge in [-0.05, 0) is 25.8 Å². The molecule has 1 amide bonds. The highest BCUT2D eigenvalue weighted by Crippen LogP contribution is 2.29. The lowest BCUT2D eigenvalue weighted by molar-refractivity contribution is 0.103. The smallest absolute Gasteiger partial charge is 0.267 e. The summed E-state index contributed by atoms with van der Waals surface area (Å²) in [6, 6.07) is 7.82. The van der Waals surface area contributed by atoms with Crippen molar-refractivity contribution in [3.63, 3.8) is 0 Å². The van der Waals surface area contributed by atoms with E-state index in [1.54, 1.807) is 5.51 Å². The predicted molar refractivity (Wildman–Crippen MR) is 95.4 cm³/mol. The van der Waals surface area contributed by atoms with Crippen LogP contribution >= 0.6 is 11.3 Å². The Morgan fingerprint density at radius 2 is 2.17 bits per heavy atom. The zero-order chi connectivity index (χ0) is 16.5. The van der Waals surface area contributed by atoms with Gasteiger partial charge in [0.15, 0.2) is 0 Å². The van der Waals surface area contributed by atoms with Crippen molar-refractivity contribution in [3.8, 4) is 11.3 Å². The molecule has 0 spiro atoms. The first-order chi connectivity index (χ1) is 11.7. The van der Waals surface area contributed by atoms with Crippen LogP contribution in [0.5, 0.6) is 0 Å². The summed E-state index contributed by atoms with van der Waals surface area (Å²) in [4.78, 5) is 22.1. The minimum absolute atomic E-state index is 0.119. The molecule has 5 nitrogen and oxygen atoms in total. The number of carbonyl (C=O) groups excluding carboxylic acids is 1. The Labute approximate surface area is 144 Å². The number of aryl methyl sites for hydroxylation is 3. The maximum Gasteiger partial charge on any atom is 0.267 e. The van der Waals surface area contributed by atoms with Gasteiger partial charge < -0.3 is 9.88 Å². The van der Waals surface area contributed by atoms with Crippen LogP contribution in [0.1, 0.15) is 34.0 Å². The van der Waals surface area contributed by atoms with Crippen molar-refractivity contribution in [2.75, 3.05) is 5.32 Å². The van der Waals surface area contributed by atoms with E-state index in [0.29, 0.717) is 4.88 Å². The van der Waals surface area contributed by atoms with E-state index in [1.807, 2.05) is 31.2 Å². The highest BCUT2D eigenvalue weighted by molar-refractivity contribution is 7.12. The van der Waals surface area contributed by atoms with Crippen molar-refractivity contribution in [1.29, 1.82) is 0 Å². The number of thiazole rings is 1. The van der Waals surface area contributed by atoms with Gasteiger partial charge in [0.2, 0.25) is 0 Å². The normalized spacial score (nSPS) is 13.5. The number of aromatic nitrogens is 3. The molecule has 1 N–H and O–H groups in total. The molecule has 0 radical (unpaired) electrons. The molecular weight excluding hydrogens is 320 g/mol. The number of anilines is 1. The van der Waals surface area contributed by atoms with Crippen molar-refractivity contribution in [1.82, 2.24) is 14.5 Å². The highest BCUT2D eigenvalue weighted by atomic mass is 32.1. The average molecular weight is 338 g/mol. The first-order valence-corrected chi connectivity index (χ1v) is 8.97. The van der Waals surface area contributed by atoms with Gasteiger partial charge in [-0.25, -0.2) is 9.97 Å². The molecule has 122 valence electrons. The third kappa shape index (κ3) is 2.73. The number of imidazole rings is 1. The molecule has 0 atom stereocenters. The van der Waals surface area contributed by atoms with Crippen molar-refractivity contribution < 1.29 is 4.79 Å². The summed E-state index contributed by atoms with van der Waals surface area (Å²) in [5.74, 6) is 1.02. The molecule has 0 aliphatic carbocycles. The Hall–Kier alpha value is -2.47. The number of para-hydroxylation sites is 1. The van der Waals surface area contributed by atoms with Crippen LogP contribution in [0.4, 0.5) is 5.69 Å². The van der Waals surface area contributed by atoms with E-state index in [0.717, 1.165) is 41.4 Å². The van der Waals surface area contributed by atoms with Gasteiger partial charge in [0.1, 0.15) is 10.7 Å². The number of amides is 1. The molecule has 24 heavy (non-hydrogen) atoms. The summed E-state index contributed by atoms with van der Waals surface area (Å²) in [7, 11) is 0. The summed E-state index contributed by atoms with van der Waals surface area (Å²) in [6.45, 7) is 2.87. The molecule has 3 aromatic rings. The molecule has 1 aromatic carbocycles. The Kier molecular flexibility index (Phi) is 3.90. The van der Waals surface area contributed by atoms with Gasteiger partial charge in [-0.2, -0.15) is 0 Å². The van der Waals surface area contributed by atoms with Crippen molar-refractivity contribution in [2.45, 2.75) is 32.7 Å². The first-order valence-electron chi connectivity index (χ1n) is 8.09. The minimum Gasteiger partial charge on any atom is -0.334 e. The quantitative estimate of drug-likeness (QED) is 0.788. The highest BCUT2D eigenvalue weighted by Gasteiger charge is 2.17. The molecular formula is C18H18N4OS. The summed E-state index contributed by atoms with van der Waals surface area (Å²) in [5.41, 5.74) is 5.11. The van der Waals surface area contributed by atoms with Gasteiger partial charge >= 0.3 is 0 Å². The van der Waals surface area contributed by atoms with Gasteiger partial charge in [0.05, 0.1) is 22.6 Å². The fourth-order valence-electron chi connectivity index (χ4n) is 3.06. The molecule has 1 aliphatic heterocycles. The van der Waals surface area contributed by atoms with Crippen LogP contribution in [0.15, 0.2) is 36.0 Å². The summed E-state index contributed by atoms with van der Waals surface area (Å²) in [6.07, 6.45) is 5.51. The second-order valence-electron chi connectivity index (χ2n) is 5.96. The van der Waals surface area contributed by atoms with Crippen molar-refractivity contribution in [3.05, 3.63) is 52.4 Å². The van der Waals surface area contributed by atoms with Crippen molar-refractivity contribution >= 4 is 22.9 Å². The maximum atomic E-state index is 12.5. The van der Waals surface area contributed by atoms with Gasteiger partial charge in [-0.3, -0.25) is 4.79 Å². The van der Waals surface area contributed by atoms with Crippen LogP contribution in [-0.4, -0.2) is 20.4 Å². The lowest BCUT2D eigenvalue weighted by Crippen LogP contribution is -2.12. The summed E-state index contributed by atoms with van der Waals surface area (Å²) >= 11 is 1.36. The topological polar surface area (TPSA) is 59.8 Å². The van der Waals surface area contributed by atoms with E-state index in [-0.39, 0.29) is 5.91 Å². The molecule has 2 aromatic heterocycles.